The van der Waals surface area contributed by atoms with Gasteiger partial charge in [0.2, 0.25) is 21.8 Å². The van der Waals surface area contributed by atoms with E-state index in [1.54, 1.807) is 42.2 Å². The molecular weight excluding hydrogens is 486 g/mol. The number of sulfonamides is 1. The Kier molecular flexibility index (Phi) is 11.0. The standard InChI is InChI=1S/C26H36ClN3O4S/c1-5-6-16-28-26(32)21(3)29(19-22-12-14-23(27)15-13-22)25(31)11-8-17-30(35(4,33)34)24-10-7-9-20(2)18-24/h7,9-10,12-15,18,21H,5-6,8,11,16-17,19H2,1-4H3,(H,28,32)/t21-/m0/s1. The zero-order valence-electron chi connectivity index (χ0n) is 21.0. The van der Waals surface area contributed by atoms with Gasteiger partial charge in [0.1, 0.15) is 6.04 Å². The van der Waals surface area contributed by atoms with Crippen LogP contribution < -0.4 is 9.62 Å². The van der Waals surface area contributed by atoms with Gasteiger partial charge in [0.05, 0.1) is 11.9 Å². The van der Waals surface area contributed by atoms with Gasteiger partial charge in [-0.2, -0.15) is 0 Å². The Labute approximate surface area is 214 Å². The lowest BCUT2D eigenvalue weighted by Gasteiger charge is -2.29. The average Bonchev–Trinajstić information content (AvgIpc) is 2.80. The number of carbonyl (C=O) groups excluding carboxylic acids is 2. The molecule has 7 nitrogen and oxygen atoms in total. The maximum absolute atomic E-state index is 13.3. The first-order valence-corrected chi connectivity index (χ1v) is 14.1. The van der Waals surface area contributed by atoms with Gasteiger partial charge in [-0.3, -0.25) is 13.9 Å². The van der Waals surface area contributed by atoms with Gasteiger partial charge >= 0.3 is 0 Å². The van der Waals surface area contributed by atoms with Crippen LogP contribution in [-0.2, 0) is 26.2 Å². The average molecular weight is 522 g/mol. The molecule has 35 heavy (non-hydrogen) atoms. The van der Waals surface area contributed by atoms with Gasteiger partial charge in [0, 0.05) is 31.1 Å². The number of unbranched alkanes of at least 4 members (excludes halogenated alkanes) is 1. The number of benzene rings is 2. The molecule has 1 atom stereocenters. The van der Waals surface area contributed by atoms with Crippen LogP contribution in [0.4, 0.5) is 5.69 Å². The number of nitrogens with one attached hydrogen (secondary N) is 1. The molecule has 2 aromatic carbocycles. The molecule has 0 radical (unpaired) electrons. The van der Waals surface area contributed by atoms with Gasteiger partial charge in [-0.1, -0.05) is 49.2 Å². The lowest BCUT2D eigenvalue weighted by molar-refractivity contribution is -0.140. The van der Waals surface area contributed by atoms with E-state index in [4.69, 9.17) is 11.6 Å². The van der Waals surface area contributed by atoms with E-state index >= 15 is 0 Å². The summed E-state index contributed by atoms with van der Waals surface area (Å²) in [5, 5.41) is 3.48. The highest BCUT2D eigenvalue weighted by Gasteiger charge is 2.26. The van der Waals surface area contributed by atoms with Crippen molar-refractivity contribution in [1.82, 2.24) is 10.2 Å². The van der Waals surface area contributed by atoms with Gasteiger partial charge in [0.15, 0.2) is 0 Å². The van der Waals surface area contributed by atoms with Crippen LogP contribution in [0.2, 0.25) is 5.02 Å². The summed E-state index contributed by atoms with van der Waals surface area (Å²) in [7, 11) is -3.52. The third-order valence-electron chi connectivity index (χ3n) is 5.70. The monoisotopic (exact) mass is 521 g/mol. The Morgan fingerprint density at radius 1 is 1.09 bits per heavy atom. The lowest BCUT2D eigenvalue weighted by Crippen LogP contribution is -2.47. The number of aryl methyl sites for hydroxylation is 1. The Balaban J connectivity index is 2.13. The zero-order chi connectivity index (χ0) is 26.0. The summed E-state index contributed by atoms with van der Waals surface area (Å²) < 4.78 is 26.1. The SMILES string of the molecule is CCCCNC(=O)[C@H](C)N(Cc1ccc(Cl)cc1)C(=O)CCCN(c1cccc(C)c1)S(C)(=O)=O. The summed E-state index contributed by atoms with van der Waals surface area (Å²) >= 11 is 5.99. The quantitative estimate of drug-likeness (QED) is 0.392. The summed E-state index contributed by atoms with van der Waals surface area (Å²) in [6.07, 6.45) is 3.41. The minimum absolute atomic E-state index is 0.109. The van der Waals surface area contributed by atoms with Crippen molar-refractivity contribution in [1.29, 1.82) is 0 Å². The number of hydrogen-bond acceptors (Lipinski definition) is 4. The molecule has 0 saturated carbocycles. The summed E-state index contributed by atoms with van der Waals surface area (Å²) in [6, 6.07) is 13.7. The van der Waals surface area contributed by atoms with Gasteiger partial charge in [-0.15, -0.1) is 0 Å². The fourth-order valence-electron chi connectivity index (χ4n) is 3.69. The van der Waals surface area contributed by atoms with E-state index in [1.807, 2.05) is 32.0 Å². The Morgan fingerprint density at radius 2 is 1.77 bits per heavy atom. The fourth-order valence-corrected chi connectivity index (χ4v) is 4.78. The molecule has 0 aliphatic rings. The molecule has 2 aromatic rings. The highest BCUT2D eigenvalue weighted by molar-refractivity contribution is 7.92. The summed E-state index contributed by atoms with van der Waals surface area (Å²) in [5.74, 6) is -0.422. The van der Waals surface area contributed by atoms with Crippen molar-refractivity contribution >= 4 is 39.1 Å². The predicted octanol–water partition coefficient (Wildman–Crippen LogP) is 4.53. The van der Waals surface area contributed by atoms with Crippen LogP contribution in [0, 0.1) is 6.92 Å². The van der Waals surface area contributed by atoms with E-state index < -0.39 is 16.1 Å². The van der Waals surface area contributed by atoms with Gasteiger partial charge in [-0.25, -0.2) is 8.42 Å². The van der Waals surface area contributed by atoms with Crippen molar-refractivity contribution in [2.24, 2.45) is 0 Å². The normalized spacial score (nSPS) is 12.1. The third-order valence-corrected chi connectivity index (χ3v) is 7.15. The smallest absolute Gasteiger partial charge is 0.242 e. The minimum Gasteiger partial charge on any atom is -0.354 e. The summed E-state index contributed by atoms with van der Waals surface area (Å²) in [4.78, 5) is 27.5. The van der Waals surface area contributed by atoms with E-state index in [-0.39, 0.29) is 31.3 Å². The molecule has 0 spiro atoms. The molecule has 2 amide bonds. The summed E-state index contributed by atoms with van der Waals surface area (Å²) in [6.45, 7) is 6.64. The number of hydrogen-bond donors (Lipinski definition) is 1. The highest BCUT2D eigenvalue weighted by Crippen LogP contribution is 2.20. The molecule has 1 N–H and O–H groups in total. The van der Waals surface area contributed by atoms with Crippen LogP contribution in [0.15, 0.2) is 48.5 Å². The second-order valence-corrected chi connectivity index (χ2v) is 11.1. The molecule has 0 unspecified atom stereocenters. The van der Waals surface area contributed by atoms with Crippen LogP contribution in [0.25, 0.3) is 0 Å². The number of nitrogens with zero attached hydrogens (tertiary/aromatic N) is 2. The zero-order valence-corrected chi connectivity index (χ0v) is 22.5. The topological polar surface area (TPSA) is 86.8 Å². The van der Waals surface area contributed by atoms with E-state index in [9.17, 15) is 18.0 Å². The van der Waals surface area contributed by atoms with Crippen LogP contribution in [0.3, 0.4) is 0 Å². The molecule has 9 heteroatoms. The molecule has 2 rings (SSSR count). The van der Waals surface area contributed by atoms with E-state index in [1.165, 1.54) is 4.31 Å². The van der Waals surface area contributed by atoms with Crippen LogP contribution in [0.5, 0.6) is 0 Å². The number of amides is 2. The van der Waals surface area contributed by atoms with E-state index in [2.05, 4.69) is 5.32 Å². The molecule has 0 aliphatic carbocycles. The van der Waals surface area contributed by atoms with Gasteiger partial charge in [0.25, 0.3) is 0 Å². The molecule has 0 aliphatic heterocycles. The second kappa shape index (κ2) is 13.5. The van der Waals surface area contributed by atoms with Crippen molar-refractivity contribution in [3.8, 4) is 0 Å². The van der Waals surface area contributed by atoms with Gasteiger partial charge in [-0.05, 0) is 62.1 Å². The molecule has 0 bridgehead atoms. The summed E-state index contributed by atoms with van der Waals surface area (Å²) in [5.41, 5.74) is 2.37. The third kappa shape index (κ3) is 9.18. The Bertz CT molecular complexity index is 1090. The van der Waals surface area contributed by atoms with Crippen molar-refractivity contribution < 1.29 is 18.0 Å². The van der Waals surface area contributed by atoms with Crippen LogP contribution in [-0.4, -0.2) is 50.5 Å². The highest BCUT2D eigenvalue weighted by atomic mass is 35.5. The molecule has 0 aromatic heterocycles. The molecule has 0 heterocycles. The second-order valence-electron chi connectivity index (χ2n) is 8.75. The maximum atomic E-state index is 13.3. The van der Waals surface area contributed by atoms with Crippen LogP contribution >= 0.6 is 11.6 Å². The Hall–Kier alpha value is -2.58. The van der Waals surface area contributed by atoms with Crippen molar-refractivity contribution in [2.45, 2.75) is 59.0 Å². The first kappa shape index (κ1) is 28.7. The number of anilines is 1. The van der Waals surface area contributed by atoms with E-state index in [0.717, 1.165) is 30.2 Å². The minimum atomic E-state index is -3.52. The molecule has 192 valence electrons. The van der Waals surface area contributed by atoms with Gasteiger partial charge < -0.3 is 10.2 Å². The van der Waals surface area contributed by atoms with Crippen molar-refractivity contribution in [2.75, 3.05) is 23.7 Å². The number of rotatable bonds is 13. The Morgan fingerprint density at radius 3 is 2.37 bits per heavy atom. The number of halogens is 1. The first-order valence-electron chi connectivity index (χ1n) is 11.9. The largest absolute Gasteiger partial charge is 0.354 e. The number of carbonyl (C=O) groups is 2. The maximum Gasteiger partial charge on any atom is 0.242 e. The lowest BCUT2D eigenvalue weighted by atomic mass is 10.1. The molecular formula is C26H36ClN3O4S. The van der Waals surface area contributed by atoms with E-state index in [0.29, 0.717) is 23.7 Å². The fraction of sp³-hybridized carbons (Fsp3) is 0.462. The molecule has 0 saturated heterocycles. The predicted molar refractivity (Wildman–Crippen MR) is 142 cm³/mol. The van der Waals surface area contributed by atoms with Crippen molar-refractivity contribution in [3.63, 3.8) is 0 Å². The molecule has 0 fully saturated rings. The first-order chi connectivity index (χ1) is 16.5. The van der Waals surface area contributed by atoms with Crippen molar-refractivity contribution in [3.05, 3.63) is 64.7 Å². The van der Waals surface area contributed by atoms with Crippen LogP contribution in [0.1, 0.15) is 50.7 Å².